The van der Waals surface area contributed by atoms with Crippen molar-refractivity contribution >= 4 is 32.5 Å². The predicted octanol–water partition coefficient (Wildman–Crippen LogP) is 4.92. The minimum Gasteiger partial charge on any atom is -0.378 e. The summed E-state index contributed by atoms with van der Waals surface area (Å²) in [7, 11) is 0. The van der Waals surface area contributed by atoms with Gasteiger partial charge in [0.1, 0.15) is 0 Å². The van der Waals surface area contributed by atoms with Gasteiger partial charge in [-0.05, 0) is 46.6 Å². The maximum Gasteiger partial charge on any atom is 0.0706 e. The van der Waals surface area contributed by atoms with Gasteiger partial charge in [0.2, 0.25) is 0 Å². The van der Waals surface area contributed by atoms with E-state index in [2.05, 4.69) is 69.6 Å². The van der Waals surface area contributed by atoms with Gasteiger partial charge in [-0.3, -0.25) is 4.98 Å². The molecule has 3 aromatic rings. The molecule has 0 fully saturated rings. The molecule has 1 aromatic heterocycles. The van der Waals surface area contributed by atoms with Crippen LogP contribution < -0.4 is 5.32 Å². The molecule has 0 saturated heterocycles. The Balaban J connectivity index is 1.81. The molecule has 3 rings (SSSR count). The highest BCUT2D eigenvalue weighted by Crippen LogP contribution is 2.26. The second-order valence-electron chi connectivity index (χ2n) is 4.79. The quantitative estimate of drug-likeness (QED) is 0.739. The van der Waals surface area contributed by atoms with Crippen molar-refractivity contribution in [2.45, 2.75) is 13.5 Å². The summed E-state index contributed by atoms with van der Waals surface area (Å²) >= 11 is 3.61. The molecular formula is C17H15BrN2. The Morgan fingerprint density at radius 1 is 1.00 bits per heavy atom. The molecule has 0 saturated carbocycles. The normalized spacial score (nSPS) is 10.7. The standard InChI is InChI=1S/C17H15BrN2/c1-12-5-4-8-16(17(12)18)19-11-14-10-9-13-6-2-3-7-15(13)20-14/h2-10,19H,11H2,1H3. The van der Waals surface area contributed by atoms with Crippen LogP contribution >= 0.6 is 15.9 Å². The lowest BCUT2D eigenvalue weighted by Gasteiger charge is -2.10. The lowest BCUT2D eigenvalue weighted by molar-refractivity contribution is 1.06. The lowest BCUT2D eigenvalue weighted by atomic mass is 10.2. The van der Waals surface area contributed by atoms with Gasteiger partial charge in [-0.25, -0.2) is 0 Å². The van der Waals surface area contributed by atoms with E-state index < -0.39 is 0 Å². The Labute approximate surface area is 127 Å². The van der Waals surface area contributed by atoms with Crippen LogP contribution in [0, 0.1) is 6.92 Å². The highest BCUT2D eigenvalue weighted by atomic mass is 79.9. The second-order valence-corrected chi connectivity index (χ2v) is 5.58. The number of aromatic nitrogens is 1. The number of anilines is 1. The second kappa shape index (κ2) is 5.63. The highest BCUT2D eigenvalue weighted by molar-refractivity contribution is 9.10. The first-order valence-corrected chi connectivity index (χ1v) is 7.37. The maximum atomic E-state index is 4.66. The number of hydrogen-bond acceptors (Lipinski definition) is 2. The zero-order chi connectivity index (χ0) is 13.9. The van der Waals surface area contributed by atoms with Crippen LogP contribution in [-0.2, 0) is 6.54 Å². The molecular weight excluding hydrogens is 312 g/mol. The fourth-order valence-electron chi connectivity index (χ4n) is 2.18. The van der Waals surface area contributed by atoms with Crippen LogP contribution in [0.4, 0.5) is 5.69 Å². The number of para-hydroxylation sites is 1. The molecule has 1 N–H and O–H groups in total. The minimum atomic E-state index is 0.715. The summed E-state index contributed by atoms with van der Waals surface area (Å²) in [6.45, 7) is 2.80. The average molecular weight is 327 g/mol. The number of rotatable bonds is 3. The van der Waals surface area contributed by atoms with Gasteiger partial charge < -0.3 is 5.32 Å². The SMILES string of the molecule is Cc1cccc(NCc2ccc3ccccc3n2)c1Br. The number of benzene rings is 2. The molecule has 0 spiro atoms. The van der Waals surface area contributed by atoms with Gasteiger partial charge in [-0.1, -0.05) is 36.4 Å². The van der Waals surface area contributed by atoms with Crippen LogP contribution in [0.3, 0.4) is 0 Å². The van der Waals surface area contributed by atoms with Crippen LogP contribution in [0.2, 0.25) is 0 Å². The number of pyridine rings is 1. The first-order valence-electron chi connectivity index (χ1n) is 6.58. The van der Waals surface area contributed by atoms with E-state index in [4.69, 9.17) is 0 Å². The van der Waals surface area contributed by atoms with E-state index >= 15 is 0 Å². The van der Waals surface area contributed by atoms with Crippen LogP contribution in [0.25, 0.3) is 10.9 Å². The fraction of sp³-hybridized carbons (Fsp3) is 0.118. The number of fused-ring (bicyclic) bond motifs is 1. The molecule has 0 bridgehead atoms. The topological polar surface area (TPSA) is 24.9 Å². The van der Waals surface area contributed by atoms with Gasteiger partial charge in [-0.15, -0.1) is 0 Å². The smallest absolute Gasteiger partial charge is 0.0706 e. The highest BCUT2D eigenvalue weighted by Gasteiger charge is 2.03. The molecule has 2 nitrogen and oxygen atoms in total. The number of halogens is 1. The summed E-state index contributed by atoms with van der Waals surface area (Å²) in [5.41, 5.74) is 4.40. The van der Waals surface area contributed by atoms with Crippen LogP contribution in [0.1, 0.15) is 11.3 Å². The van der Waals surface area contributed by atoms with Gasteiger partial charge in [0.25, 0.3) is 0 Å². The molecule has 2 aromatic carbocycles. The van der Waals surface area contributed by atoms with Gasteiger partial charge >= 0.3 is 0 Å². The molecule has 3 heteroatoms. The number of aryl methyl sites for hydroxylation is 1. The Bertz CT molecular complexity index is 753. The monoisotopic (exact) mass is 326 g/mol. The van der Waals surface area contributed by atoms with E-state index in [1.54, 1.807) is 0 Å². The average Bonchev–Trinajstić information content (AvgIpc) is 2.48. The Hall–Kier alpha value is -1.87. The first-order chi connectivity index (χ1) is 9.74. The van der Waals surface area contributed by atoms with E-state index in [-0.39, 0.29) is 0 Å². The zero-order valence-electron chi connectivity index (χ0n) is 11.2. The molecule has 20 heavy (non-hydrogen) atoms. The summed E-state index contributed by atoms with van der Waals surface area (Å²) in [4.78, 5) is 4.66. The van der Waals surface area contributed by atoms with Gasteiger partial charge in [0.15, 0.2) is 0 Å². The van der Waals surface area contributed by atoms with E-state index in [1.807, 2.05) is 18.2 Å². The molecule has 0 unspecified atom stereocenters. The van der Waals surface area contributed by atoms with Gasteiger partial charge in [0, 0.05) is 15.5 Å². The summed E-state index contributed by atoms with van der Waals surface area (Å²) in [5.74, 6) is 0. The van der Waals surface area contributed by atoms with Gasteiger partial charge in [0.05, 0.1) is 17.8 Å². The van der Waals surface area contributed by atoms with Gasteiger partial charge in [-0.2, -0.15) is 0 Å². The summed E-state index contributed by atoms with van der Waals surface area (Å²) in [6.07, 6.45) is 0. The third-order valence-electron chi connectivity index (χ3n) is 3.31. The minimum absolute atomic E-state index is 0.715. The molecule has 0 aliphatic carbocycles. The van der Waals surface area contributed by atoms with E-state index in [1.165, 1.54) is 10.9 Å². The molecule has 0 amide bonds. The largest absolute Gasteiger partial charge is 0.378 e. The number of hydrogen-bond donors (Lipinski definition) is 1. The van der Waals surface area contributed by atoms with E-state index in [0.29, 0.717) is 6.54 Å². The Morgan fingerprint density at radius 3 is 2.75 bits per heavy atom. The van der Waals surface area contributed by atoms with Crippen molar-refractivity contribution in [3.8, 4) is 0 Å². The Kier molecular flexibility index (Phi) is 3.70. The number of nitrogens with zero attached hydrogens (tertiary/aromatic N) is 1. The number of nitrogens with one attached hydrogen (secondary N) is 1. The summed E-state index contributed by atoms with van der Waals surface area (Å²) in [6, 6.07) is 18.6. The van der Waals surface area contributed by atoms with Crippen molar-refractivity contribution in [2.75, 3.05) is 5.32 Å². The Morgan fingerprint density at radius 2 is 1.85 bits per heavy atom. The lowest BCUT2D eigenvalue weighted by Crippen LogP contribution is -2.02. The van der Waals surface area contributed by atoms with Crippen molar-refractivity contribution < 1.29 is 0 Å². The molecule has 0 aliphatic heterocycles. The maximum absolute atomic E-state index is 4.66. The van der Waals surface area contributed by atoms with Crippen molar-refractivity contribution in [3.63, 3.8) is 0 Å². The summed E-state index contributed by atoms with van der Waals surface area (Å²) < 4.78 is 1.11. The van der Waals surface area contributed by atoms with Crippen LogP contribution in [-0.4, -0.2) is 4.98 Å². The molecule has 0 aliphatic rings. The third kappa shape index (κ3) is 2.68. The van der Waals surface area contributed by atoms with E-state index in [0.717, 1.165) is 21.4 Å². The zero-order valence-corrected chi connectivity index (χ0v) is 12.8. The van der Waals surface area contributed by atoms with Crippen LogP contribution in [0.15, 0.2) is 59.1 Å². The molecule has 0 atom stereocenters. The first kappa shape index (κ1) is 13.1. The molecule has 0 radical (unpaired) electrons. The van der Waals surface area contributed by atoms with E-state index in [9.17, 15) is 0 Å². The summed E-state index contributed by atoms with van der Waals surface area (Å²) in [5, 5.41) is 4.60. The van der Waals surface area contributed by atoms with Crippen molar-refractivity contribution in [3.05, 3.63) is 70.3 Å². The fourth-order valence-corrected chi connectivity index (χ4v) is 2.58. The predicted molar refractivity (Wildman–Crippen MR) is 87.9 cm³/mol. The van der Waals surface area contributed by atoms with Crippen LogP contribution in [0.5, 0.6) is 0 Å². The molecule has 100 valence electrons. The third-order valence-corrected chi connectivity index (χ3v) is 4.36. The van der Waals surface area contributed by atoms with Crippen molar-refractivity contribution in [1.29, 1.82) is 0 Å². The van der Waals surface area contributed by atoms with Crippen molar-refractivity contribution in [2.24, 2.45) is 0 Å². The molecule has 1 heterocycles. The van der Waals surface area contributed by atoms with Crippen molar-refractivity contribution in [1.82, 2.24) is 4.98 Å².